The standard InChI is InChI=1S/C11H18O3/c1-2-3-4-7-10(12)8-5-6-9-11(13)14/h3-6,10,12H,2,7-9H2,1H3,(H,13,14). The normalized spacial score (nSPS) is 13.9. The number of aliphatic carboxylic acids is 1. The summed E-state index contributed by atoms with van der Waals surface area (Å²) in [5, 5.41) is 17.7. The summed E-state index contributed by atoms with van der Waals surface area (Å²) in [6.07, 6.45) is 8.96. The first-order chi connectivity index (χ1) is 6.66. The molecule has 14 heavy (non-hydrogen) atoms. The van der Waals surface area contributed by atoms with E-state index in [1.165, 1.54) is 0 Å². The second-order valence-corrected chi connectivity index (χ2v) is 3.07. The fourth-order valence-corrected chi connectivity index (χ4v) is 0.954. The average molecular weight is 198 g/mol. The van der Waals surface area contributed by atoms with Crippen molar-refractivity contribution in [1.82, 2.24) is 0 Å². The molecule has 3 nitrogen and oxygen atoms in total. The van der Waals surface area contributed by atoms with Gasteiger partial charge in [-0.15, -0.1) is 0 Å². The highest BCUT2D eigenvalue weighted by molar-refractivity contribution is 5.68. The summed E-state index contributed by atoms with van der Waals surface area (Å²) in [6.45, 7) is 2.04. The molecule has 0 aromatic carbocycles. The van der Waals surface area contributed by atoms with Crippen LogP contribution < -0.4 is 0 Å². The number of allylic oxidation sites excluding steroid dienone is 1. The monoisotopic (exact) mass is 198 g/mol. The van der Waals surface area contributed by atoms with Crippen LogP contribution in [0.4, 0.5) is 0 Å². The van der Waals surface area contributed by atoms with Gasteiger partial charge in [0.2, 0.25) is 0 Å². The van der Waals surface area contributed by atoms with E-state index in [4.69, 9.17) is 5.11 Å². The zero-order chi connectivity index (χ0) is 10.8. The van der Waals surface area contributed by atoms with Crippen molar-refractivity contribution in [1.29, 1.82) is 0 Å². The van der Waals surface area contributed by atoms with Crippen LogP contribution in [0.25, 0.3) is 0 Å². The van der Waals surface area contributed by atoms with Crippen LogP contribution in [0.3, 0.4) is 0 Å². The summed E-state index contributed by atoms with van der Waals surface area (Å²) < 4.78 is 0. The summed E-state index contributed by atoms with van der Waals surface area (Å²) in [4.78, 5) is 10.1. The van der Waals surface area contributed by atoms with E-state index in [9.17, 15) is 9.90 Å². The van der Waals surface area contributed by atoms with Crippen molar-refractivity contribution in [2.75, 3.05) is 0 Å². The van der Waals surface area contributed by atoms with Crippen LogP contribution in [0.15, 0.2) is 24.3 Å². The summed E-state index contributed by atoms with van der Waals surface area (Å²) >= 11 is 0. The SMILES string of the molecule is CCC=CCC(O)CC=CCC(=O)O. The minimum Gasteiger partial charge on any atom is -0.481 e. The Kier molecular flexibility index (Phi) is 7.84. The van der Waals surface area contributed by atoms with Gasteiger partial charge in [0, 0.05) is 0 Å². The molecule has 1 atom stereocenters. The van der Waals surface area contributed by atoms with E-state index in [2.05, 4.69) is 0 Å². The van der Waals surface area contributed by atoms with Gasteiger partial charge >= 0.3 is 5.97 Å². The minimum atomic E-state index is -0.846. The van der Waals surface area contributed by atoms with Gasteiger partial charge in [-0.1, -0.05) is 31.2 Å². The van der Waals surface area contributed by atoms with Gasteiger partial charge in [0.15, 0.2) is 0 Å². The number of carboxylic acids is 1. The van der Waals surface area contributed by atoms with Gasteiger partial charge in [0.05, 0.1) is 12.5 Å². The van der Waals surface area contributed by atoms with Crippen LogP contribution in [-0.2, 0) is 4.79 Å². The van der Waals surface area contributed by atoms with Crippen molar-refractivity contribution < 1.29 is 15.0 Å². The van der Waals surface area contributed by atoms with E-state index >= 15 is 0 Å². The molecule has 0 aromatic rings. The van der Waals surface area contributed by atoms with Crippen LogP contribution in [0.1, 0.15) is 32.6 Å². The molecule has 1 unspecified atom stereocenters. The van der Waals surface area contributed by atoms with Crippen molar-refractivity contribution in [3.05, 3.63) is 24.3 Å². The Morgan fingerprint density at radius 1 is 1.21 bits per heavy atom. The highest BCUT2D eigenvalue weighted by Gasteiger charge is 1.97. The minimum absolute atomic E-state index is 0.0253. The zero-order valence-corrected chi connectivity index (χ0v) is 8.52. The zero-order valence-electron chi connectivity index (χ0n) is 8.52. The van der Waals surface area contributed by atoms with Crippen molar-refractivity contribution in [2.24, 2.45) is 0 Å². The van der Waals surface area contributed by atoms with Gasteiger partial charge in [-0.3, -0.25) is 4.79 Å². The lowest BCUT2D eigenvalue weighted by atomic mass is 10.1. The second kappa shape index (κ2) is 8.51. The second-order valence-electron chi connectivity index (χ2n) is 3.07. The molecule has 80 valence electrons. The van der Waals surface area contributed by atoms with Gasteiger partial charge in [-0.05, 0) is 19.3 Å². The maximum absolute atomic E-state index is 10.1. The Bertz CT molecular complexity index is 207. The lowest BCUT2D eigenvalue weighted by molar-refractivity contribution is -0.136. The van der Waals surface area contributed by atoms with E-state index in [1.807, 2.05) is 19.1 Å². The topological polar surface area (TPSA) is 57.5 Å². The fourth-order valence-electron chi connectivity index (χ4n) is 0.954. The predicted octanol–water partition coefficient (Wildman–Crippen LogP) is 2.12. The smallest absolute Gasteiger partial charge is 0.307 e. The molecule has 0 aliphatic heterocycles. The quantitative estimate of drug-likeness (QED) is 0.616. The fraction of sp³-hybridized carbons (Fsp3) is 0.545. The summed E-state index contributed by atoms with van der Waals surface area (Å²) in [5.74, 6) is -0.846. The number of rotatable bonds is 7. The Morgan fingerprint density at radius 2 is 1.79 bits per heavy atom. The van der Waals surface area contributed by atoms with Crippen molar-refractivity contribution in [3.8, 4) is 0 Å². The highest BCUT2D eigenvalue weighted by atomic mass is 16.4. The molecule has 0 heterocycles. The molecule has 0 aliphatic carbocycles. The molecule has 0 spiro atoms. The molecular weight excluding hydrogens is 180 g/mol. The Balaban J connectivity index is 3.52. The summed E-state index contributed by atoms with van der Waals surface area (Å²) in [6, 6.07) is 0. The van der Waals surface area contributed by atoms with E-state index < -0.39 is 12.1 Å². The maximum atomic E-state index is 10.1. The summed E-state index contributed by atoms with van der Waals surface area (Å²) in [5.41, 5.74) is 0. The van der Waals surface area contributed by atoms with Crippen LogP contribution in [0.2, 0.25) is 0 Å². The largest absolute Gasteiger partial charge is 0.481 e. The van der Waals surface area contributed by atoms with Crippen molar-refractivity contribution in [3.63, 3.8) is 0 Å². The number of hydrogen-bond acceptors (Lipinski definition) is 2. The Labute approximate surface area is 84.8 Å². The van der Waals surface area contributed by atoms with E-state index in [-0.39, 0.29) is 6.42 Å². The molecule has 2 N–H and O–H groups in total. The molecule has 0 rings (SSSR count). The molecule has 0 amide bonds. The first kappa shape index (κ1) is 12.9. The first-order valence-corrected chi connectivity index (χ1v) is 4.86. The predicted molar refractivity (Wildman–Crippen MR) is 56.1 cm³/mol. The number of aliphatic hydroxyl groups excluding tert-OH is 1. The van der Waals surface area contributed by atoms with E-state index in [0.29, 0.717) is 12.8 Å². The number of carboxylic acid groups (broad SMARTS) is 1. The number of hydrogen-bond donors (Lipinski definition) is 2. The molecule has 0 aliphatic rings. The number of carbonyl (C=O) groups is 1. The molecule has 0 bridgehead atoms. The van der Waals surface area contributed by atoms with Crippen LogP contribution in [-0.4, -0.2) is 22.3 Å². The molecule has 0 fully saturated rings. The Hall–Kier alpha value is -1.09. The van der Waals surface area contributed by atoms with Crippen molar-refractivity contribution in [2.45, 2.75) is 38.7 Å². The molecule has 0 aromatic heterocycles. The van der Waals surface area contributed by atoms with Crippen molar-refractivity contribution >= 4 is 5.97 Å². The third kappa shape index (κ3) is 9.00. The maximum Gasteiger partial charge on any atom is 0.307 e. The van der Waals surface area contributed by atoms with Crippen LogP contribution >= 0.6 is 0 Å². The van der Waals surface area contributed by atoms with Crippen LogP contribution in [0, 0.1) is 0 Å². The third-order valence-corrected chi connectivity index (χ3v) is 1.68. The molecule has 0 saturated carbocycles. The lowest BCUT2D eigenvalue weighted by Gasteiger charge is -2.02. The van der Waals surface area contributed by atoms with E-state index in [1.54, 1.807) is 12.2 Å². The van der Waals surface area contributed by atoms with E-state index in [0.717, 1.165) is 6.42 Å². The first-order valence-electron chi connectivity index (χ1n) is 4.86. The van der Waals surface area contributed by atoms with Gasteiger partial charge in [0.25, 0.3) is 0 Å². The van der Waals surface area contributed by atoms with Crippen LogP contribution in [0.5, 0.6) is 0 Å². The molecule has 3 heteroatoms. The molecule has 0 saturated heterocycles. The third-order valence-electron chi connectivity index (χ3n) is 1.68. The highest BCUT2D eigenvalue weighted by Crippen LogP contribution is 2.01. The van der Waals surface area contributed by atoms with Gasteiger partial charge < -0.3 is 10.2 Å². The average Bonchev–Trinajstić information content (AvgIpc) is 2.13. The molecule has 0 radical (unpaired) electrons. The number of aliphatic hydroxyl groups is 1. The molecular formula is C11H18O3. The Morgan fingerprint density at radius 3 is 2.29 bits per heavy atom. The van der Waals surface area contributed by atoms with Gasteiger partial charge in [-0.25, -0.2) is 0 Å². The van der Waals surface area contributed by atoms with Gasteiger partial charge in [-0.2, -0.15) is 0 Å². The lowest BCUT2D eigenvalue weighted by Crippen LogP contribution is -2.02. The summed E-state index contributed by atoms with van der Waals surface area (Å²) in [7, 11) is 0. The van der Waals surface area contributed by atoms with Gasteiger partial charge in [0.1, 0.15) is 0 Å².